The Bertz CT molecular complexity index is 2800. The highest BCUT2D eigenvalue weighted by atomic mass is 19.4. The van der Waals surface area contributed by atoms with E-state index in [1.54, 1.807) is 0 Å². The first-order valence-electron chi connectivity index (χ1n) is 21.8. The minimum atomic E-state index is -6.13. The van der Waals surface area contributed by atoms with Gasteiger partial charge in [0.2, 0.25) is 5.69 Å². The Morgan fingerprint density at radius 1 is 0.359 bits per heavy atom. The van der Waals surface area contributed by atoms with E-state index in [0.717, 1.165) is 13.0 Å². The summed E-state index contributed by atoms with van der Waals surface area (Å²) in [5, 5.41) is 0. The minimum absolute atomic E-state index is 0.691. The van der Waals surface area contributed by atoms with Gasteiger partial charge in [-0.25, -0.2) is 0 Å². The van der Waals surface area contributed by atoms with Crippen molar-refractivity contribution in [2.24, 2.45) is 0 Å². The van der Waals surface area contributed by atoms with E-state index < -0.39 is 195 Å². The van der Waals surface area contributed by atoms with Crippen LogP contribution in [0.3, 0.4) is 0 Å². The zero-order valence-corrected chi connectivity index (χ0v) is 38.8. The van der Waals surface area contributed by atoms with Crippen LogP contribution in [0.15, 0.2) is 146 Å². The van der Waals surface area contributed by atoms with Gasteiger partial charge in [0.25, 0.3) is 0 Å². The monoisotopic (exact) mass is 1140 g/mol. The third-order valence-electron chi connectivity index (χ3n) is 12.1. The molecular formula is C51H31BF24N2. The van der Waals surface area contributed by atoms with Crippen LogP contribution in [0.2, 0.25) is 0 Å². The molecule has 7 aromatic rings. The molecular weight excluding hydrogens is 1110 g/mol. The molecule has 416 valence electrons. The highest BCUT2D eigenvalue weighted by molar-refractivity contribution is 7.20. The second-order valence-corrected chi connectivity index (χ2v) is 17.6. The lowest BCUT2D eigenvalue weighted by Gasteiger charge is -2.46. The Morgan fingerprint density at radius 3 is 0.910 bits per heavy atom. The van der Waals surface area contributed by atoms with E-state index in [1.165, 1.54) is 22.4 Å². The normalized spacial score (nSPS) is 13.3. The van der Waals surface area contributed by atoms with Gasteiger partial charge in [-0.15, -0.1) is 0 Å². The van der Waals surface area contributed by atoms with Crippen LogP contribution in [0.4, 0.5) is 105 Å². The summed E-state index contributed by atoms with van der Waals surface area (Å²) in [6, 6.07) is 10.4. The number of aromatic nitrogens is 2. The first-order chi connectivity index (χ1) is 35.6. The Morgan fingerprint density at radius 2 is 0.641 bits per heavy atom. The van der Waals surface area contributed by atoms with Crippen molar-refractivity contribution in [2.45, 2.75) is 69.3 Å². The first-order valence-corrected chi connectivity index (χ1v) is 21.8. The van der Waals surface area contributed by atoms with Gasteiger partial charge in [-0.3, -0.25) is 4.98 Å². The molecule has 0 aliphatic carbocycles. The van der Waals surface area contributed by atoms with Gasteiger partial charge >= 0.3 is 49.4 Å². The molecule has 1 aromatic heterocycles. The molecule has 0 radical (unpaired) electrons. The molecule has 0 bridgehead atoms. The van der Waals surface area contributed by atoms with Crippen molar-refractivity contribution in [3.63, 3.8) is 0 Å². The van der Waals surface area contributed by atoms with Crippen molar-refractivity contribution < 1.29 is 110 Å². The van der Waals surface area contributed by atoms with E-state index in [1.807, 2.05) is 18.5 Å². The van der Waals surface area contributed by atoms with Gasteiger partial charge in [0, 0.05) is 5.56 Å². The average molecular weight is 1140 g/mol. The molecule has 2 nitrogen and oxygen atoms in total. The summed E-state index contributed by atoms with van der Waals surface area (Å²) in [4.78, 5) is 4.28. The van der Waals surface area contributed by atoms with E-state index in [2.05, 4.69) is 71.2 Å². The summed E-state index contributed by atoms with van der Waals surface area (Å²) in [5.74, 6) is 0. The second-order valence-electron chi connectivity index (χ2n) is 17.6. The topological polar surface area (TPSA) is 16.8 Å². The molecule has 6 aromatic carbocycles. The molecule has 0 aliphatic heterocycles. The quantitative estimate of drug-likeness (QED) is 0.0842. The van der Waals surface area contributed by atoms with E-state index in [4.69, 9.17) is 0 Å². The van der Waals surface area contributed by atoms with Crippen LogP contribution in [0, 0.1) is 6.92 Å². The number of halogens is 24. The molecule has 0 unspecified atom stereocenters. The fourth-order valence-electron chi connectivity index (χ4n) is 8.49. The molecule has 78 heavy (non-hydrogen) atoms. The molecule has 0 aliphatic rings. The molecule has 0 saturated carbocycles. The van der Waals surface area contributed by atoms with Gasteiger partial charge < -0.3 is 0 Å². The zero-order chi connectivity index (χ0) is 58.4. The van der Waals surface area contributed by atoms with Gasteiger partial charge in [0.1, 0.15) is 6.15 Å². The number of rotatable bonds is 8. The largest absolute Gasteiger partial charge is 0.416 e. The summed E-state index contributed by atoms with van der Waals surface area (Å²) >= 11 is 0. The minimum Gasteiger partial charge on any atom is -0.252 e. The Labute approximate surface area is 424 Å². The summed E-state index contributed by atoms with van der Waals surface area (Å²) in [7, 11) is 0. The van der Waals surface area contributed by atoms with Crippen molar-refractivity contribution in [2.75, 3.05) is 0 Å². The Balaban J connectivity index is 0.000000387. The van der Waals surface area contributed by atoms with E-state index in [-0.39, 0.29) is 0 Å². The van der Waals surface area contributed by atoms with Gasteiger partial charge in [-0.2, -0.15) is 132 Å². The summed E-state index contributed by atoms with van der Waals surface area (Å²) in [6.45, 7) is 2.99. The summed E-state index contributed by atoms with van der Waals surface area (Å²) in [6.07, 6.45) is -48.0. The maximum Gasteiger partial charge on any atom is 0.416 e. The van der Waals surface area contributed by atoms with E-state index in [0.29, 0.717) is 0 Å². The smallest absolute Gasteiger partial charge is 0.252 e. The molecule has 0 saturated heterocycles. The van der Waals surface area contributed by atoms with Crippen LogP contribution in [0.25, 0.3) is 0 Å². The van der Waals surface area contributed by atoms with Gasteiger partial charge in [-0.1, -0.05) is 109 Å². The Hall–Kier alpha value is -7.22. The fraction of sp³-hybridized carbons (Fsp3) is 0.216. The standard InChI is InChI=1S/C32H12BF24.C19H19N2/c34-25(35,36)13-1-14(26(37,38)39)6-21(5-13)33(22-7-15(27(40,41)42)2-16(8-22)28(43,44)45,23-9-17(29(46,47)48)3-18(10-23)30(49,50)51)24-11-19(31(52,53)54)4-20(12-24)32(55,56)57;1-16-7-9-17(10-8-16)13-19-14-20-11-12-21(19)15-18-5-3-2-4-6-18/h1-12H;2-12,14H,13,15H2,1H3/q-1;+1. The summed E-state index contributed by atoms with van der Waals surface area (Å²) in [5.41, 5.74) is -25.1. The van der Waals surface area contributed by atoms with E-state index >= 15 is 0 Å². The van der Waals surface area contributed by atoms with Crippen LogP contribution in [0.1, 0.15) is 66.9 Å². The van der Waals surface area contributed by atoms with Crippen molar-refractivity contribution in [3.8, 4) is 0 Å². The van der Waals surface area contributed by atoms with Crippen LogP contribution in [0.5, 0.6) is 0 Å². The lowest BCUT2D eigenvalue weighted by atomic mass is 9.12. The third kappa shape index (κ3) is 14.1. The Kier molecular flexibility index (Phi) is 16.3. The molecule has 7 rings (SSSR count). The molecule has 27 heteroatoms. The third-order valence-corrected chi connectivity index (χ3v) is 12.1. The number of hydrogen-bond donors (Lipinski definition) is 0. The van der Waals surface area contributed by atoms with Crippen molar-refractivity contribution >= 4 is 28.0 Å². The summed E-state index contributed by atoms with van der Waals surface area (Å²) < 4.78 is 343. The number of alkyl halides is 24. The highest BCUT2D eigenvalue weighted by Gasteiger charge is 2.47. The maximum absolute atomic E-state index is 14.2. The molecule has 0 fully saturated rings. The SMILES string of the molecule is Cc1ccc(Cc2cncc[n+]2Cc2ccccc2)cc1.FC(F)(F)c1cc([B-](c2cc(C(F)(F)F)cc(C(F)(F)F)c2)(c2cc(C(F)(F)F)cc(C(F)(F)F)c2)c2cc(C(F)(F)F)cc(C(F)(F)F)c2)cc(C(F)(F)F)c1. The van der Waals surface area contributed by atoms with Crippen LogP contribution in [-0.2, 0) is 62.4 Å². The van der Waals surface area contributed by atoms with Gasteiger partial charge in [0.05, 0.1) is 63.3 Å². The predicted octanol–water partition coefficient (Wildman–Crippen LogP) is 14.5. The number of nitrogens with zero attached hydrogens (tertiary/aromatic N) is 2. The number of hydrogen-bond acceptors (Lipinski definition) is 1. The number of aryl methyl sites for hydroxylation is 1. The molecule has 0 amide bonds. The molecule has 0 atom stereocenters. The molecule has 1 heterocycles. The highest BCUT2D eigenvalue weighted by Crippen LogP contribution is 2.41. The van der Waals surface area contributed by atoms with Crippen LogP contribution >= 0.6 is 0 Å². The maximum atomic E-state index is 14.2. The lowest BCUT2D eigenvalue weighted by molar-refractivity contribution is -0.695. The van der Waals surface area contributed by atoms with Gasteiger partial charge in [0.15, 0.2) is 12.7 Å². The van der Waals surface area contributed by atoms with Crippen molar-refractivity contribution in [3.05, 3.63) is 213 Å². The molecule has 0 spiro atoms. The number of benzene rings is 6. The van der Waals surface area contributed by atoms with E-state index in [9.17, 15) is 105 Å². The fourth-order valence-corrected chi connectivity index (χ4v) is 8.49. The van der Waals surface area contributed by atoms with Crippen molar-refractivity contribution in [1.82, 2.24) is 4.98 Å². The van der Waals surface area contributed by atoms with Crippen LogP contribution in [-0.4, -0.2) is 11.1 Å². The predicted molar refractivity (Wildman–Crippen MR) is 234 cm³/mol. The van der Waals surface area contributed by atoms with Crippen molar-refractivity contribution in [1.29, 1.82) is 0 Å². The average Bonchev–Trinajstić information content (AvgIpc) is 3.44. The zero-order valence-electron chi connectivity index (χ0n) is 38.8. The molecule has 0 N–H and O–H groups in total. The lowest BCUT2D eigenvalue weighted by Crippen LogP contribution is -2.75. The van der Waals surface area contributed by atoms with Crippen LogP contribution < -0.4 is 26.4 Å². The second kappa shape index (κ2) is 21.2. The first kappa shape index (κ1) is 60.0. The van der Waals surface area contributed by atoms with Gasteiger partial charge in [-0.05, 0) is 36.8 Å².